The highest BCUT2D eigenvalue weighted by Gasteiger charge is 2.20. The summed E-state index contributed by atoms with van der Waals surface area (Å²) >= 11 is 1.43. The number of hydrogen-bond acceptors (Lipinski definition) is 5. The Kier molecular flexibility index (Phi) is 4.99. The standard InChI is InChI=1S/C18H19N3O2S2/c1-12-7-13(2)18(14(3)8-12)25(22,23)20-10-17-21-16(11-24-17)15-5-4-6-19-9-15/h4-9,11,20H,10H2,1-3H3. The molecule has 0 aliphatic carbocycles. The third-order valence-corrected chi connectivity index (χ3v) is 6.35. The monoisotopic (exact) mass is 373 g/mol. The van der Waals surface area contributed by atoms with Crippen molar-refractivity contribution in [2.45, 2.75) is 32.2 Å². The number of aryl methyl sites for hydroxylation is 3. The summed E-state index contributed by atoms with van der Waals surface area (Å²) < 4.78 is 28.0. The van der Waals surface area contributed by atoms with Gasteiger partial charge < -0.3 is 0 Å². The third-order valence-electron chi connectivity index (χ3n) is 3.80. The molecule has 2 heterocycles. The van der Waals surface area contributed by atoms with E-state index in [-0.39, 0.29) is 6.54 Å². The molecule has 0 saturated heterocycles. The number of hydrogen-bond donors (Lipinski definition) is 1. The van der Waals surface area contributed by atoms with Crippen molar-refractivity contribution < 1.29 is 8.42 Å². The van der Waals surface area contributed by atoms with Crippen LogP contribution in [0.5, 0.6) is 0 Å². The van der Waals surface area contributed by atoms with Gasteiger partial charge in [0.05, 0.1) is 17.1 Å². The molecule has 0 spiro atoms. The number of nitrogens with one attached hydrogen (secondary N) is 1. The fourth-order valence-corrected chi connectivity index (χ4v) is 5.13. The van der Waals surface area contributed by atoms with Gasteiger partial charge in [-0.2, -0.15) is 0 Å². The van der Waals surface area contributed by atoms with Gasteiger partial charge in [0.15, 0.2) is 0 Å². The first-order valence-electron chi connectivity index (χ1n) is 7.79. The van der Waals surface area contributed by atoms with Gasteiger partial charge in [-0.15, -0.1) is 11.3 Å². The molecular weight excluding hydrogens is 354 g/mol. The van der Waals surface area contributed by atoms with Gasteiger partial charge in [0.25, 0.3) is 0 Å². The number of rotatable bonds is 5. The molecule has 1 aromatic carbocycles. The van der Waals surface area contributed by atoms with E-state index in [1.165, 1.54) is 11.3 Å². The Balaban J connectivity index is 1.79. The molecule has 5 nitrogen and oxygen atoms in total. The summed E-state index contributed by atoms with van der Waals surface area (Å²) in [6.45, 7) is 5.76. The van der Waals surface area contributed by atoms with Crippen LogP contribution in [0.1, 0.15) is 21.7 Å². The second-order valence-electron chi connectivity index (χ2n) is 5.92. The summed E-state index contributed by atoms with van der Waals surface area (Å²) in [7, 11) is -3.59. The highest BCUT2D eigenvalue weighted by Crippen LogP contribution is 2.23. The van der Waals surface area contributed by atoms with Gasteiger partial charge in [-0.3, -0.25) is 4.98 Å². The van der Waals surface area contributed by atoms with Crippen LogP contribution in [0.3, 0.4) is 0 Å². The smallest absolute Gasteiger partial charge is 0.241 e. The van der Waals surface area contributed by atoms with E-state index in [0.29, 0.717) is 9.90 Å². The lowest BCUT2D eigenvalue weighted by atomic mass is 10.1. The van der Waals surface area contributed by atoms with Gasteiger partial charge in [0, 0.05) is 23.3 Å². The van der Waals surface area contributed by atoms with Crippen LogP contribution in [0.4, 0.5) is 0 Å². The van der Waals surface area contributed by atoms with Crippen LogP contribution in [0, 0.1) is 20.8 Å². The normalized spacial score (nSPS) is 11.6. The van der Waals surface area contributed by atoms with Crippen LogP contribution in [0.25, 0.3) is 11.3 Å². The van der Waals surface area contributed by atoms with Gasteiger partial charge in [0.2, 0.25) is 10.0 Å². The zero-order chi connectivity index (χ0) is 18.0. The number of pyridine rings is 1. The maximum absolute atomic E-state index is 12.7. The third kappa shape index (κ3) is 3.95. The van der Waals surface area contributed by atoms with Crippen molar-refractivity contribution in [3.63, 3.8) is 0 Å². The van der Waals surface area contributed by atoms with Crippen LogP contribution in [-0.2, 0) is 16.6 Å². The fourth-order valence-electron chi connectivity index (χ4n) is 2.86. The molecule has 0 amide bonds. The van der Waals surface area contributed by atoms with Crippen molar-refractivity contribution in [3.8, 4) is 11.3 Å². The Bertz CT molecular complexity index is 973. The van der Waals surface area contributed by atoms with E-state index in [2.05, 4.69) is 14.7 Å². The molecule has 3 aromatic rings. The Labute approximate surface area is 151 Å². The van der Waals surface area contributed by atoms with Crippen molar-refractivity contribution in [1.82, 2.24) is 14.7 Å². The van der Waals surface area contributed by atoms with E-state index in [1.54, 1.807) is 12.4 Å². The van der Waals surface area contributed by atoms with Crippen LogP contribution >= 0.6 is 11.3 Å². The van der Waals surface area contributed by atoms with Crippen molar-refractivity contribution in [2.24, 2.45) is 0 Å². The average molecular weight is 374 g/mol. The van der Waals surface area contributed by atoms with E-state index in [9.17, 15) is 8.42 Å². The number of sulfonamides is 1. The molecule has 0 bridgehead atoms. The van der Waals surface area contributed by atoms with Crippen molar-refractivity contribution in [2.75, 3.05) is 0 Å². The van der Waals surface area contributed by atoms with E-state index in [4.69, 9.17) is 0 Å². The molecule has 25 heavy (non-hydrogen) atoms. The van der Waals surface area contributed by atoms with E-state index in [0.717, 1.165) is 27.9 Å². The number of thiazole rings is 1. The number of nitrogens with zero attached hydrogens (tertiary/aromatic N) is 2. The van der Waals surface area contributed by atoms with E-state index < -0.39 is 10.0 Å². The molecule has 0 aliphatic rings. The lowest BCUT2D eigenvalue weighted by molar-refractivity contribution is 0.580. The number of benzene rings is 1. The first kappa shape index (κ1) is 17.7. The molecule has 1 N–H and O–H groups in total. The molecule has 0 atom stereocenters. The lowest BCUT2D eigenvalue weighted by Gasteiger charge is -2.12. The average Bonchev–Trinajstić information content (AvgIpc) is 3.02. The zero-order valence-corrected chi connectivity index (χ0v) is 15.9. The SMILES string of the molecule is Cc1cc(C)c(S(=O)(=O)NCc2nc(-c3cccnc3)cs2)c(C)c1. The zero-order valence-electron chi connectivity index (χ0n) is 14.3. The predicted octanol–water partition coefficient (Wildman–Crippen LogP) is 3.61. The Hall–Kier alpha value is -2.09. The summed E-state index contributed by atoms with van der Waals surface area (Å²) in [6, 6.07) is 7.53. The Morgan fingerprint density at radius 1 is 1.16 bits per heavy atom. The molecule has 0 aliphatic heterocycles. The van der Waals surface area contributed by atoms with E-state index >= 15 is 0 Å². The van der Waals surface area contributed by atoms with E-state index in [1.807, 2.05) is 50.4 Å². The topological polar surface area (TPSA) is 72.0 Å². The minimum atomic E-state index is -3.59. The van der Waals surface area contributed by atoms with Crippen LogP contribution in [0.15, 0.2) is 46.9 Å². The maximum atomic E-state index is 12.7. The highest BCUT2D eigenvalue weighted by molar-refractivity contribution is 7.89. The molecular formula is C18H19N3O2S2. The molecule has 0 unspecified atom stereocenters. The highest BCUT2D eigenvalue weighted by atomic mass is 32.2. The van der Waals surface area contributed by atoms with Gasteiger partial charge in [0.1, 0.15) is 5.01 Å². The molecule has 130 valence electrons. The second-order valence-corrected chi connectivity index (χ2v) is 8.57. The predicted molar refractivity (Wildman–Crippen MR) is 100 cm³/mol. The molecule has 7 heteroatoms. The van der Waals surface area contributed by atoms with Gasteiger partial charge in [-0.05, 0) is 44.0 Å². The molecule has 0 saturated carbocycles. The molecule has 3 rings (SSSR count). The van der Waals surface area contributed by atoms with Crippen molar-refractivity contribution in [1.29, 1.82) is 0 Å². The first-order valence-corrected chi connectivity index (χ1v) is 10.2. The Morgan fingerprint density at radius 2 is 1.88 bits per heavy atom. The summed E-state index contributed by atoms with van der Waals surface area (Å²) in [6.07, 6.45) is 3.44. The first-order chi connectivity index (χ1) is 11.9. The quantitative estimate of drug-likeness (QED) is 0.741. The fraction of sp³-hybridized carbons (Fsp3) is 0.222. The molecule has 0 radical (unpaired) electrons. The molecule has 0 fully saturated rings. The van der Waals surface area contributed by atoms with Crippen LogP contribution < -0.4 is 4.72 Å². The minimum absolute atomic E-state index is 0.167. The minimum Gasteiger partial charge on any atom is -0.264 e. The summed E-state index contributed by atoms with van der Waals surface area (Å²) in [5.41, 5.74) is 4.27. The summed E-state index contributed by atoms with van der Waals surface area (Å²) in [4.78, 5) is 8.91. The maximum Gasteiger partial charge on any atom is 0.241 e. The second kappa shape index (κ2) is 7.03. The van der Waals surface area contributed by atoms with Gasteiger partial charge in [-0.1, -0.05) is 17.7 Å². The number of aromatic nitrogens is 2. The van der Waals surface area contributed by atoms with Crippen molar-refractivity contribution >= 4 is 21.4 Å². The van der Waals surface area contributed by atoms with Crippen molar-refractivity contribution in [3.05, 3.63) is 63.7 Å². The van der Waals surface area contributed by atoms with Gasteiger partial charge in [-0.25, -0.2) is 18.1 Å². The largest absolute Gasteiger partial charge is 0.264 e. The van der Waals surface area contributed by atoms with Crippen LogP contribution in [-0.4, -0.2) is 18.4 Å². The summed E-state index contributed by atoms with van der Waals surface area (Å²) in [5, 5.41) is 2.62. The Morgan fingerprint density at radius 3 is 2.52 bits per heavy atom. The summed E-state index contributed by atoms with van der Waals surface area (Å²) in [5.74, 6) is 0. The molecule has 2 aromatic heterocycles. The van der Waals surface area contributed by atoms with Gasteiger partial charge >= 0.3 is 0 Å². The van der Waals surface area contributed by atoms with Crippen LogP contribution in [0.2, 0.25) is 0 Å². The lowest BCUT2D eigenvalue weighted by Crippen LogP contribution is -2.24.